The number of halogens is 3. The van der Waals surface area contributed by atoms with E-state index >= 15 is 0 Å². The number of rotatable bonds is 1. The zero-order chi connectivity index (χ0) is 12.6. The molecule has 0 spiro atoms. The van der Waals surface area contributed by atoms with E-state index in [4.69, 9.17) is 0 Å². The lowest BCUT2D eigenvalue weighted by atomic mass is 10.2. The maximum absolute atomic E-state index is 12.3. The Hall–Kier alpha value is -1.98. The Morgan fingerprint density at radius 3 is 2.18 bits per heavy atom. The van der Waals surface area contributed by atoms with Gasteiger partial charge in [0.1, 0.15) is 0 Å². The molecule has 2 rings (SSSR count). The Kier molecular flexibility index (Phi) is 2.57. The largest absolute Gasteiger partial charge is 0.416 e. The van der Waals surface area contributed by atoms with Crippen LogP contribution in [-0.2, 0) is 6.18 Å². The van der Waals surface area contributed by atoms with E-state index in [-0.39, 0.29) is 5.69 Å². The van der Waals surface area contributed by atoms with Gasteiger partial charge in [0.15, 0.2) is 0 Å². The lowest BCUT2D eigenvalue weighted by Gasteiger charge is -2.07. The van der Waals surface area contributed by atoms with E-state index in [0.717, 1.165) is 12.1 Å². The Morgan fingerprint density at radius 1 is 1.18 bits per heavy atom. The summed E-state index contributed by atoms with van der Waals surface area (Å²) in [7, 11) is 0. The molecule has 3 nitrogen and oxygen atoms in total. The molecule has 0 aliphatic heterocycles. The average Bonchev–Trinajstić information content (AvgIpc) is 2.57. The summed E-state index contributed by atoms with van der Waals surface area (Å²) >= 11 is 0. The minimum Gasteiger partial charge on any atom is -0.310 e. The standard InChI is InChI=1S/C11H9F3N2O/c1-7-6-16(10(17)15-7)9-4-2-8(3-5-9)11(12,13)14/h2-6H,1H3,(H,15,17). The summed E-state index contributed by atoms with van der Waals surface area (Å²) in [5.41, 5.74) is -0.0638. The van der Waals surface area contributed by atoms with Crippen LogP contribution in [0.25, 0.3) is 5.69 Å². The molecule has 1 N–H and O–H groups in total. The first-order valence-electron chi connectivity index (χ1n) is 4.84. The van der Waals surface area contributed by atoms with E-state index in [2.05, 4.69) is 4.98 Å². The first-order valence-corrected chi connectivity index (χ1v) is 4.84. The number of nitrogens with one attached hydrogen (secondary N) is 1. The molecule has 1 heterocycles. The van der Waals surface area contributed by atoms with Crippen molar-refractivity contribution in [2.24, 2.45) is 0 Å². The molecule has 0 unspecified atom stereocenters. The second-order valence-electron chi connectivity index (χ2n) is 3.66. The Labute approximate surface area is 94.5 Å². The molecule has 90 valence electrons. The second kappa shape index (κ2) is 3.80. The van der Waals surface area contributed by atoms with Gasteiger partial charge in [0.2, 0.25) is 0 Å². The van der Waals surface area contributed by atoms with E-state index in [9.17, 15) is 18.0 Å². The molecular weight excluding hydrogens is 233 g/mol. The SMILES string of the molecule is Cc1cn(-c2ccc(C(F)(F)F)cc2)c(=O)[nH]1. The Balaban J connectivity index is 2.43. The number of hydrogen-bond acceptors (Lipinski definition) is 1. The third-order valence-corrected chi connectivity index (χ3v) is 2.32. The van der Waals surface area contributed by atoms with Crippen LogP contribution < -0.4 is 5.69 Å². The van der Waals surface area contributed by atoms with Crippen LogP contribution in [0.4, 0.5) is 13.2 Å². The van der Waals surface area contributed by atoms with E-state index in [1.54, 1.807) is 6.92 Å². The van der Waals surface area contributed by atoms with E-state index in [0.29, 0.717) is 11.4 Å². The summed E-state index contributed by atoms with van der Waals surface area (Å²) in [6, 6.07) is 4.42. The van der Waals surface area contributed by atoms with Gasteiger partial charge in [-0.2, -0.15) is 13.2 Å². The fourth-order valence-electron chi connectivity index (χ4n) is 1.52. The number of hydrogen-bond donors (Lipinski definition) is 1. The molecule has 0 bridgehead atoms. The lowest BCUT2D eigenvalue weighted by molar-refractivity contribution is -0.137. The number of alkyl halides is 3. The van der Waals surface area contributed by atoms with Crippen LogP contribution in [0.3, 0.4) is 0 Å². The molecule has 1 aromatic heterocycles. The highest BCUT2D eigenvalue weighted by molar-refractivity contribution is 5.35. The lowest BCUT2D eigenvalue weighted by Crippen LogP contribution is -2.14. The molecule has 0 fully saturated rings. The van der Waals surface area contributed by atoms with Crippen LogP contribution >= 0.6 is 0 Å². The normalized spacial score (nSPS) is 11.8. The molecule has 2 aromatic rings. The van der Waals surface area contributed by atoms with Gasteiger partial charge in [0.25, 0.3) is 0 Å². The van der Waals surface area contributed by atoms with E-state index in [1.165, 1.54) is 22.9 Å². The smallest absolute Gasteiger partial charge is 0.310 e. The van der Waals surface area contributed by atoms with E-state index < -0.39 is 11.7 Å². The third-order valence-electron chi connectivity index (χ3n) is 2.32. The molecule has 0 saturated carbocycles. The molecule has 1 aromatic carbocycles. The van der Waals surface area contributed by atoms with Crippen LogP contribution in [0, 0.1) is 6.92 Å². The maximum atomic E-state index is 12.3. The Morgan fingerprint density at radius 2 is 1.76 bits per heavy atom. The van der Waals surface area contributed by atoms with Crippen molar-refractivity contribution in [2.45, 2.75) is 13.1 Å². The highest BCUT2D eigenvalue weighted by atomic mass is 19.4. The van der Waals surface area contributed by atoms with Crippen LogP contribution in [0.1, 0.15) is 11.3 Å². The summed E-state index contributed by atoms with van der Waals surface area (Å²) in [6.07, 6.45) is -2.83. The van der Waals surface area contributed by atoms with Crippen molar-refractivity contribution in [1.29, 1.82) is 0 Å². The molecule has 0 amide bonds. The molecule has 0 aliphatic rings. The minimum absolute atomic E-state index is 0.373. The first kappa shape index (κ1) is 11.5. The van der Waals surface area contributed by atoms with Crippen molar-refractivity contribution >= 4 is 0 Å². The number of aryl methyl sites for hydroxylation is 1. The fourth-order valence-corrected chi connectivity index (χ4v) is 1.52. The van der Waals surface area contributed by atoms with E-state index in [1.807, 2.05) is 0 Å². The van der Waals surface area contributed by atoms with Crippen LogP contribution in [0.15, 0.2) is 35.3 Å². The van der Waals surface area contributed by atoms with Crippen molar-refractivity contribution in [3.05, 3.63) is 52.2 Å². The van der Waals surface area contributed by atoms with Gasteiger partial charge >= 0.3 is 11.9 Å². The van der Waals surface area contributed by atoms with Gasteiger partial charge in [0.05, 0.1) is 11.3 Å². The molecule has 0 atom stereocenters. The van der Waals surface area contributed by atoms with Crippen molar-refractivity contribution in [2.75, 3.05) is 0 Å². The molecule has 17 heavy (non-hydrogen) atoms. The monoisotopic (exact) mass is 242 g/mol. The zero-order valence-electron chi connectivity index (χ0n) is 8.88. The summed E-state index contributed by atoms with van der Waals surface area (Å²) in [5, 5.41) is 0. The summed E-state index contributed by atoms with van der Waals surface area (Å²) < 4.78 is 38.3. The average molecular weight is 242 g/mol. The van der Waals surface area contributed by atoms with Gasteiger partial charge in [-0.25, -0.2) is 4.79 Å². The van der Waals surface area contributed by atoms with Gasteiger partial charge in [-0.15, -0.1) is 0 Å². The quantitative estimate of drug-likeness (QED) is 0.819. The summed E-state index contributed by atoms with van der Waals surface area (Å²) in [5.74, 6) is 0. The fraction of sp³-hybridized carbons (Fsp3) is 0.182. The zero-order valence-corrected chi connectivity index (χ0v) is 8.88. The summed E-state index contributed by atoms with van der Waals surface area (Å²) in [6.45, 7) is 1.70. The first-order chi connectivity index (χ1) is 7.88. The van der Waals surface area contributed by atoms with Gasteiger partial charge in [-0.3, -0.25) is 4.57 Å². The highest BCUT2D eigenvalue weighted by Gasteiger charge is 2.30. The topological polar surface area (TPSA) is 37.8 Å². The molecule has 6 heteroatoms. The predicted octanol–water partition coefficient (Wildman–Crippen LogP) is 2.49. The van der Waals surface area contributed by atoms with Crippen LogP contribution in [-0.4, -0.2) is 9.55 Å². The van der Waals surface area contributed by atoms with Gasteiger partial charge in [-0.1, -0.05) is 0 Å². The number of H-pyrrole nitrogens is 1. The van der Waals surface area contributed by atoms with Gasteiger partial charge in [-0.05, 0) is 31.2 Å². The van der Waals surface area contributed by atoms with Gasteiger partial charge in [0, 0.05) is 11.9 Å². The number of benzene rings is 1. The van der Waals surface area contributed by atoms with Gasteiger partial charge < -0.3 is 4.98 Å². The number of aromatic amines is 1. The molecule has 0 radical (unpaired) electrons. The predicted molar refractivity (Wildman–Crippen MR) is 56.1 cm³/mol. The Bertz CT molecular complexity index is 578. The highest BCUT2D eigenvalue weighted by Crippen LogP contribution is 2.29. The minimum atomic E-state index is -4.36. The van der Waals surface area contributed by atoms with Crippen molar-refractivity contribution in [3.8, 4) is 5.69 Å². The van der Waals surface area contributed by atoms with Crippen LogP contribution in [0.2, 0.25) is 0 Å². The van der Waals surface area contributed by atoms with Crippen LogP contribution in [0.5, 0.6) is 0 Å². The third kappa shape index (κ3) is 2.25. The summed E-state index contributed by atoms with van der Waals surface area (Å²) in [4.78, 5) is 13.9. The molecule has 0 saturated heterocycles. The number of imidazole rings is 1. The van der Waals surface area contributed by atoms with Crippen molar-refractivity contribution in [1.82, 2.24) is 9.55 Å². The van der Waals surface area contributed by atoms with Crippen molar-refractivity contribution < 1.29 is 13.2 Å². The molecule has 0 aliphatic carbocycles. The molecular formula is C11H9F3N2O. The maximum Gasteiger partial charge on any atom is 0.416 e. The number of aromatic nitrogens is 2. The second-order valence-corrected chi connectivity index (χ2v) is 3.66. The van der Waals surface area contributed by atoms with Crippen molar-refractivity contribution in [3.63, 3.8) is 0 Å². The number of nitrogens with zero attached hydrogens (tertiary/aromatic N) is 1.